The van der Waals surface area contributed by atoms with Crippen LogP contribution in [0.25, 0.3) is 11.4 Å². The zero-order valence-electron chi connectivity index (χ0n) is 12.5. The number of aliphatic hydroxyl groups is 1. The predicted octanol–water partition coefficient (Wildman–Crippen LogP) is 2.41. The summed E-state index contributed by atoms with van der Waals surface area (Å²) >= 11 is 0. The fraction of sp³-hybridized carbons (Fsp3) is 0.429. The Kier molecular flexibility index (Phi) is 3.78. The van der Waals surface area contributed by atoms with Crippen LogP contribution in [-0.4, -0.2) is 24.8 Å². The van der Waals surface area contributed by atoms with Crippen molar-refractivity contribution >= 4 is 5.69 Å². The molecule has 0 aliphatic rings. The number of aliphatic hydroxyl groups excluding tert-OH is 1. The summed E-state index contributed by atoms with van der Waals surface area (Å²) in [5.41, 5.74) is 0.751. The lowest BCUT2D eigenvalue weighted by atomic mass is 10.0. The van der Waals surface area contributed by atoms with Crippen molar-refractivity contribution in [2.75, 3.05) is 0 Å². The molecule has 1 heterocycles. The maximum atomic E-state index is 11.3. The zero-order chi connectivity index (χ0) is 15.8. The number of aromatic nitrogens is 3. The minimum Gasteiger partial charge on any atom is -0.388 e. The van der Waals surface area contributed by atoms with Crippen LogP contribution in [0.1, 0.15) is 32.2 Å². The van der Waals surface area contributed by atoms with E-state index in [1.165, 1.54) is 6.07 Å². The molecular formula is C14H18N4O3. The average molecular weight is 290 g/mol. The topological polar surface area (TPSA) is 94.1 Å². The van der Waals surface area contributed by atoms with E-state index >= 15 is 0 Å². The summed E-state index contributed by atoms with van der Waals surface area (Å²) in [5, 5.41) is 28.8. The van der Waals surface area contributed by atoms with Crippen LogP contribution in [0.3, 0.4) is 0 Å². The van der Waals surface area contributed by atoms with Crippen molar-refractivity contribution in [3.63, 3.8) is 0 Å². The van der Waals surface area contributed by atoms with Gasteiger partial charge in [0.25, 0.3) is 5.69 Å². The average Bonchev–Trinajstić information content (AvgIpc) is 2.81. The molecule has 0 fully saturated rings. The lowest BCUT2D eigenvalue weighted by Crippen LogP contribution is -2.25. The van der Waals surface area contributed by atoms with Crippen LogP contribution >= 0.6 is 0 Å². The van der Waals surface area contributed by atoms with E-state index in [1.54, 1.807) is 23.6 Å². The third kappa shape index (κ3) is 2.64. The first-order chi connectivity index (χ1) is 9.77. The van der Waals surface area contributed by atoms with Crippen molar-refractivity contribution in [2.45, 2.75) is 39.8 Å². The van der Waals surface area contributed by atoms with Gasteiger partial charge < -0.3 is 9.67 Å². The number of rotatable bonds is 3. The smallest absolute Gasteiger partial charge is 0.280 e. The normalized spacial score (nSPS) is 11.7. The van der Waals surface area contributed by atoms with Gasteiger partial charge in [0, 0.05) is 11.6 Å². The monoisotopic (exact) mass is 290 g/mol. The molecule has 1 N–H and O–H groups in total. The van der Waals surface area contributed by atoms with E-state index in [2.05, 4.69) is 10.2 Å². The minimum absolute atomic E-state index is 0.0163. The third-order valence-electron chi connectivity index (χ3n) is 3.21. The van der Waals surface area contributed by atoms with Crippen LogP contribution in [-0.2, 0) is 12.1 Å². The Hall–Kier alpha value is -2.28. The third-order valence-corrected chi connectivity index (χ3v) is 3.21. The molecule has 21 heavy (non-hydrogen) atoms. The molecule has 0 amide bonds. The molecule has 0 spiro atoms. The molecule has 1 aromatic carbocycles. The van der Waals surface area contributed by atoms with Crippen molar-refractivity contribution in [3.8, 4) is 11.4 Å². The predicted molar refractivity (Wildman–Crippen MR) is 77.8 cm³/mol. The number of hydrogen-bond acceptors (Lipinski definition) is 5. The molecule has 0 aliphatic heterocycles. The van der Waals surface area contributed by atoms with E-state index in [1.807, 2.05) is 20.8 Å². The van der Waals surface area contributed by atoms with Gasteiger partial charge in [-0.05, 0) is 33.3 Å². The summed E-state index contributed by atoms with van der Waals surface area (Å²) < 4.78 is 1.74. The Bertz CT molecular complexity index is 686. The molecular weight excluding hydrogens is 272 g/mol. The Balaban J connectivity index is 2.80. The van der Waals surface area contributed by atoms with Crippen LogP contribution in [0.4, 0.5) is 5.69 Å². The molecule has 0 bridgehead atoms. The fourth-order valence-corrected chi connectivity index (χ4v) is 2.38. The highest BCUT2D eigenvalue weighted by atomic mass is 16.6. The van der Waals surface area contributed by atoms with Crippen molar-refractivity contribution in [1.29, 1.82) is 0 Å². The molecule has 1 aromatic heterocycles. The number of hydrogen-bond donors (Lipinski definition) is 1. The van der Waals surface area contributed by atoms with Gasteiger partial charge in [0.15, 0.2) is 11.6 Å². The summed E-state index contributed by atoms with van der Waals surface area (Å²) in [5.74, 6) is 0.784. The van der Waals surface area contributed by atoms with Crippen LogP contribution in [0.5, 0.6) is 0 Å². The first-order valence-electron chi connectivity index (χ1n) is 6.57. The lowest BCUT2D eigenvalue weighted by molar-refractivity contribution is -0.384. The number of nitro benzene ring substituents is 1. The van der Waals surface area contributed by atoms with Gasteiger partial charge in [-0.1, -0.05) is 12.1 Å². The van der Waals surface area contributed by atoms with E-state index in [0.29, 0.717) is 17.2 Å². The largest absolute Gasteiger partial charge is 0.388 e. The van der Waals surface area contributed by atoms with Gasteiger partial charge in [0.05, 0.1) is 10.5 Å². The first-order valence-corrected chi connectivity index (χ1v) is 6.57. The van der Waals surface area contributed by atoms with Crippen molar-refractivity contribution in [3.05, 3.63) is 39.7 Å². The van der Waals surface area contributed by atoms with Gasteiger partial charge in [0.1, 0.15) is 6.61 Å². The number of nitro groups is 1. The molecule has 7 heteroatoms. The second-order valence-corrected chi connectivity index (χ2v) is 5.83. The number of aryl methyl sites for hydroxylation is 1. The zero-order valence-corrected chi connectivity index (χ0v) is 12.5. The molecule has 0 saturated carbocycles. The van der Waals surface area contributed by atoms with Gasteiger partial charge in [-0.15, -0.1) is 10.2 Å². The molecule has 0 atom stereocenters. The molecule has 0 aliphatic carbocycles. The van der Waals surface area contributed by atoms with Crippen LogP contribution < -0.4 is 0 Å². The molecule has 2 rings (SSSR count). The van der Waals surface area contributed by atoms with Gasteiger partial charge in [-0.3, -0.25) is 10.1 Å². The summed E-state index contributed by atoms with van der Waals surface area (Å²) in [6, 6.07) is 4.88. The van der Waals surface area contributed by atoms with E-state index in [9.17, 15) is 15.2 Å². The lowest BCUT2D eigenvalue weighted by Gasteiger charge is -2.24. The van der Waals surface area contributed by atoms with Crippen LogP contribution in [0.15, 0.2) is 18.2 Å². The van der Waals surface area contributed by atoms with E-state index < -0.39 is 10.5 Å². The Morgan fingerprint density at radius 3 is 2.52 bits per heavy atom. The maximum absolute atomic E-state index is 11.3. The van der Waals surface area contributed by atoms with Crippen molar-refractivity contribution in [1.82, 2.24) is 14.8 Å². The molecule has 0 radical (unpaired) electrons. The summed E-state index contributed by atoms with van der Waals surface area (Å²) in [6.07, 6.45) is 0. The van der Waals surface area contributed by atoms with Crippen LogP contribution in [0, 0.1) is 17.0 Å². The Morgan fingerprint density at radius 1 is 1.33 bits per heavy atom. The molecule has 2 aromatic rings. The highest BCUT2D eigenvalue weighted by molar-refractivity contribution is 5.72. The second kappa shape index (κ2) is 5.25. The van der Waals surface area contributed by atoms with Crippen LogP contribution in [0.2, 0.25) is 0 Å². The quantitative estimate of drug-likeness (QED) is 0.692. The summed E-state index contributed by atoms with van der Waals surface area (Å²) in [4.78, 5) is 10.9. The molecule has 7 nitrogen and oxygen atoms in total. The minimum atomic E-state index is -0.428. The van der Waals surface area contributed by atoms with E-state index in [0.717, 1.165) is 5.56 Å². The molecule has 112 valence electrons. The first kappa shape index (κ1) is 15.1. The SMILES string of the molecule is Cc1cccc([N+](=O)[O-])c1-c1nnc(CO)n1C(C)(C)C. The van der Waals surface area contributed by atoms with E-state index in [-0.39, 0.29) is 12.3 Å². The standard InChI is InChI=1S/C14H18N4O3/c1-9-6-5-7-10(18(20)21)12(9)13-16-15-11(8-19)17(13)14(2,3)4/h5-7,19H,8H2,1-4H3. The van der Waals surface area contributed by atoms with Crippen molar-refractivity contribution < 1.29 is 10.0 Å². The summed E-state index contributed by atoms with van der Waals surface area (Å²) in [7, 11) is 0. The number of nitrogens with zero attached hydrogens (tertiary/aromatic N) is 4. The van der Waals surface area contributed by atoms with Gasteiger partial charge in [0.2, 0.25) is 0 Å². The number of benzene rings is 1. The Labute approximate surface area is 122 Å². The highest BCUT2D eigenvalue weighted by Gasteiger charge is 2.28. The van der Waals surface area contributed by atoms with Gasteiger partial charge in [-0.25, -0.2) is 0 Å². The van der Waals surface area contributed by atoms with Gasteiger partial charge >= 0.3 is 0 Å². The van der Waals surface area contributed by atoms with Gasteiger partial charge in [-0.2, -0.15) is 0 Å². The van der Waals surface area contributed by atoms with Crippen molar-refractivity contribution in [2.24, 2.45) is 0 Å². The fourth-order valence-electron chi connectivity index (χ4n) is 2.38. The molecule has 0 unspecified atom stereocenters. The molecule has 0 saturated heterocycles. The maximum Gasteiger partial charge on any atom is 0.280 e. The van der Waals surface area contributed by atoms with E-state index in [4.69, 9.17) is 0 Å². The highest BCUT2D eigenvalue weighted by Crippen LogP contribution is 2.34. The Morgan fingerprint density at radius 2 is 2.00 bits per heavy atom. The summed E-state index contributed by atoms with van der Waals surface area (Å²) in [6.45, 7) is 7.32. The second-order valence-electron chi connectivity index (χ2n) is 5.83.